The minimum Gasteiger partial charge on any atom is -0.504 e. The maximum atomic E-state index is 12.6. The molecular formula is C19H24O8. The monoisotopic (exact) mass is 380 g/mol. The second-order valence-electron chi connectivity index (χ2n) is 6.69. The summed E-state index contributed by atoms with van der Waals surface area (Å²) in [6, 6.07) is 4.27. The number of ketones is 1. The zero-order valence-electron chi connectivity index (χ0n) is 15.7. The third-order valence-corrected chi connectivity index (χ3v) is 4.85. The topological polar surface area (TPSA) is 119 Å². The van der Waals surface area contributed by atoms with E-state index in [2.05, 4.69) is 0 Å². The SMILES string of the molecule is CCOc1cc(C2C(C(=O)OC)C(=O)CC(C)(O)C2C(=O)OC)ccc1O. The van der Waals surface area contributed by atoms with E-state index in [-0.39, 0.29) is 24.5 Å². The van der Waals surface area contributed by atoms with Gasteiger partial charge in [-0.05, 0) is 31.5 Å². The molecule has 1 aromatic carbocycles. The predicted molar refractivity (Wildman–Crippen MR) is 93.3 cm³/mol. The molecule has 0 radical (unpaired) electrons. The number of carbonyl (C=O) groups excluding carboxylic acids is 3. The molecular weight excluding hydrogens is 356 g/mol. The molecule has 0 aliphatic heterocycles. The summed E-state index contributed by atoms with van der Waals surface area (Å²) < 4.78 is 15.0. The van der Waals surface area contributed by atoms with E-state index in [1.165, 1.54) is 32.2 Å². The van der Waals surface area contributed by atoms with Crippen molar-refractivity contribution in [3.63, 3.8) is 0 Å². The van der Waals surface area contributed by atoms with E-state index in [4.69, 9.17) is 14.2 Å². The number of hydrogen-bond acceptors (Lipinski definition) is 8. The number of Topliss-reactive ketones (excluding diaryl/α,β-unsaturated/α-hetero) is 1. The van der Waals surface area contributed by atoms with Gasteiger partial charge >= 0.3 is 11.9 Å². The van der Waals surface area contributed by atoms with Gasteiger partial charge in [-0.15, -0.1) is 0 Å². The molecule has 1 fully saturated rings. The predicted octanol–water partition coefficient (Wildman–Crippen LogP) is 1.18. The third-order valence-electron chi connectivity index (χ3n) is 4.85. The highest BCUT2D eigenvalue weighted by molar-refractivity contribution is 6.02. The van der Waals surface area contributed by atoms with Gasteiger partial charge in [0.15, 0.2) is 17.3 Å². The highest BCUT2D eigenvalue weighted by Gasteiger charge is 2.57. The van der Waals surface area contributed by atoms with Gasteiger partial charge in [0.25, 0.3) is 0 Å². The summed E-state index contributed by atoms with van der Waals surface area (Å²) in [6.45, 7) is 3.37. The Labute approximate surface area is 157 Å². The fourth-order valence-electron chi connectivity index (χ4n) is 3.68. The lowest BCUT2D eigenvalue weighted by Gasteiger charge is -2.43. The molecule has 0 heterocycles. The average molecular weight is 380 g/mol. The van der Waals surface area contributed by atoms with Crippen molar-refractivity contribution < 1.29 is 38.8 Å². The maximum absolute atomic E-state index is 12.6. The summed E-state index contributed by atoms with van der Waals surface area (Å²) in [7, 11) is 2.32. The van der Waals surface area contributed by atoms with Crippen LogP contribution in [0.25, 0.3) is 0 Å². The van der Waals surface area contributed by atoms with Crippen LogP contribution in [-0.2, 0) is 23.9 Å². The minimum atomic E-state index is -1.72. The van der Waals surface area contributed by atoms with Gasteiger partial charge in [-0.1, -0.05) is 6.07 Å². The molecule has 1 aliphatic carbocycles. The van der Waals surface area contributed by atoms with Crippen molar-refractivity contribution in [2.45, 2.75) is 31.8 Å². The first kappa shape index (κ1) is 20.7. The van der Waals surface area contributed by atoms with Gasteiger partial charge < -0.3 is 24.4 Å². The van der Waals surface area contributed by atoms with E-state index in [1.54, 1.807) is 6.92 Å². The van der Waals surface area contributed by atoms with Crippen molar-refractivity contribution in [3.05, 3.63) is 23.8 Å². The highest BCUT2D eigenvalue weighted by atomic mass is 16.5. The van der Waals surface area contributed by atoms with E-state index in [0.717, 1.165) is 7.11 Å². The molecule has 2 rings (SSSR count). The molecule has 4 atom stereocenters. The van der Waals surface area contributed by atoms with Crippen molar-refractivity contribution in [2.75, 3.05) is 20.8 Å². The fourth-order valence-corrected chi connectivity index (χ4v) is 3.68. The Morgan fingerprint density at radius 1 is 1.22 bits per heavy atom. The Kier molecular flexibility index (Phi) is 6.10. The number of aliphatic hydroxyl groups is 1. The van der Waals surface area contributed by atoms with Gasteiger partial charge in [-0.2, -0.15) is 0 Å². The Hall–Kier alpha value is -2.61. The molecule has 0 amide bonds. The number of phenolic OH excluding ortho intramolecular Hbond substituents is 1. The minimum absolute atomic E-state index is 0.126. The van der Waals surface area contributed by atoms with E-state index in [0.29, 0.717) is 5.56 Å². The lowest BCUT2D eigenvalue weighted by molar-refractivity contribution is -0.170. The van der Waals surface area contributed by atoms with Crippen LogP contribution in [0.15, 0.2) is 18.2 Å². The smallest absolute Gasteiger partial charge is 0.316 e. The van der Waals surface area contributed by atoms with E-state index in [1.807, 2.05) is 0 Å². The largest absolute Gasteiger partial charge is 0.504 e. The van der Waals surface area contributed by atoms with Gasteiger partial charge in [0, 0.05) is 12.3 Å². The van der Waals surface area contributed by atoms with Crippen LogP contribution in [0, 0.1) is 11.8 Å². The van der Waals surface area contributed by atoms with Crippen LogP contribution in [0.5, 0.6) is 11.5 Å². The van der Waals surface area contributed by atoms with Gasteiger partial charge in [-0.3, -0.25) is 14.4 Å². The third kappa shape index (κ3) is 3.90. The Morgan fingerprint density at radius 3 is 2.41 bits per heavy atom. The zero-order chi connectivity index (χ0) is 20.4. The van der Waals surface area contributed by atoms with Crippen molar-refractivity contribution in [3.8, 4) is 11.5 Å². The van der Waals surface area contributed by atoms with Gasteiger partial charge in [0.05, 0.1) is 32.3 Å². The first-order valence-corrected chi connectivity index (χ1v) is 8.54. The number of hydrogen-bond donors (Lipinski definition) is 2. The van der Waals surface area contributed by atoms with Crippen LogP contribution >= 0.6 is 0 Å². The molecule has 148 valence electrons. The van der Waals surface area contributed by atoms with Gasteiger partial charge in [-0.25, -0.2) is 0 Å². The molecule has 1 aliphatic rings. The molecule has 8 heteroatoms. The number of methoxy groups -OCH3 is 2. The number of esters is 2. The molecule has 0 bridgehead atoms. The summed E-state index contributed by atoms with van der Waals surface area (Å²) >= 11 is 0. The van der Waals surface area contributed by atoms with E-state index in [9.17, 15) is 24.6 Å². The molecule has 8 nitrogen and oxygen atoms in total. The second kappa shape index (κ2) is 7.96. The van der Waals surface area contributed by atoms with Crippen LogP contribution in [0.4, 0.5) is 0 Å². The maximum Gasteiger partial charge on any atom is 0.316 e. The summed E-state index contributed by atoms with van der Waals surface area (Å²) in [5.41, 5.74) is -1.35. The van der Waals surface area contributed by atoms with Crippen LogP contribution in [0.1, 0.15) is 31.7 Å². The number of phenols is 1. The number of rotatable bonds is 5. The van der Waals surface area contributed by atoms with Crippen molar-refractivity contribution in [1.29, 1.82) is 0 Å². The standard InChI is InChI=1S/C19H24O8/c1-5-27-13-8-10(6-7-11(13)20)14-15(17(22)25-3)12(21)9-19(2,24)16(14)18(23)26-4/h6-8,14-16,20,24H,5,9H2,1-4H3. The van der Waals surface area contributed by atoms with E-state index >= 15 is 0 Å². The lowest BCUT2D eigenvalue weighted by atomic mass is 9.61. The molecule has 27 heavy (non-hydrogen) atoms. The summed E-state index contributed by atoms with van der Waals surface area (Å²) in [6.07, 6.45) is -0.389. The zero-order valence-corrected chi connectivity index (χ0v) is 15.7. The van der Waals surface area contributed by atoms with Gasteiger partial charge in [0.2, 0.25) is 0 Å². The van der Waals surface area contributed by atoms with Gasteiger partial charge in [0.1, 0.15) is 5.92 Å². The second-order valence-corrected chi connectivity index (χ2v) is 6.69. The molecule has 2 N–H and O–H groups in total. The molecule has 0 saturated heterocycles. The number of ether oxygens (including phenoxy) is 3. The molecule has 0 aromatic heterocycles. The summed E-state index contributed by atoms with van der Waals surface area (Å²) in [5.74, 6) is -5.61. The Balaban J connectivity index is 2.67. The normalized spacial score (nSPS) is 27.7. The van der Waals surface area contributed by atoms with Crippen LogP contribution < -0.4 is 4.74 Å². The van der Waals surface area contributed by atoms with Crippen LogP contribution in [0.2, 0.25) is 0 Å². The first-order chi connectivity index (χ1) is 12.7. The lowest BCUT2D eigenvalue weighted by Crippen LogP contribution is -2.55. The molecule has 1 aromatic rings. The van der Waals surface area contributed by atoms with E-state index < -0.39 is 41.1 Å². The van der Waals surface area contributed by atoms with Crippen molar-refractivity contribution >= 4 is 17.7 Å². The number of benzene rings is 1. The number of carbonyl (C=O) groups is 3. The van der Waals surface area contributed by atoms with Crippen LogP contribution in [-0.4, -0.2) is 54.4 Å². The Bertz CT molecular complexity index is 739. The molecule has 4 unspecified atom stereocenters. The number of aromatic hydroxyl groups is 1. The average Bonchev–Trinajstić information content (AvgIpc) is 2.61. The Morgan fingerprint density at radius 2 is 1.85 bits per heavy atom. The quantitative estimate of drug-likeness (QED) is 0.577. The fraction of sp³-hybridized carbons (Fsp3) is 0.526. The summed E-state index contributed by atoms with van der Waals surface area (Å²) in [5, 5.41) is 20.7. The molecule has 0 spiro atoms. The highest BCUT2D eigenvalue weighted by Crippen LogP contribution is 2.47. The molecule has 1 saturated carbocycles. The van der Waals surface area contributed by atoms with Crippen LogP contribution in [0.3, 0.4) is 0 Å². The first-order valence-electron chi connectivity index (χ1n) is 8.54. The van der Waals surface area contributed by atoms with Crippen molar-refractivity contribution in [1.82, 2.24) is 0 Å². The van der Waals surface area contributed by atoms with Crippen molar-refractivity contribution in [2.24, 2.45) is 11.8 Å². The summed E-state index contributed by atoms with van der Waals surface area (Å²) in [4.78, 5) is 37.5.